The predicted octanol–water partition coefficient (Wildman–Crippen LogP) is 2.35. The molecule has 2 aliphatic heterocycles. The quantitative estimate of drug-likeness (QED) is 0.447. The van der Waals surface area contributed by atoms with E-state index >= 15 is 0 Å². The Balaban J connectivity index is 2.02. The maximum Gasteiger partial charge on any atom is 0.462 e. The molecule has 2 heterocycles. The average molecular weight is 264 g/mol. The zero-order valence-corrected chi connectivity index (χ0v) is 11.6. The zero-order chi connectivity index (χ0) is 12.8. The Morgan fingerprint density at radius 1 is 1.24 bits per heavy atom. The summed E-state index contributed by atoms with van der Waals surface area (Å²) in [6, 6.07) is 0. The van der Waals surface area contributed by atoms with Crippen molar-refractivity contribution < 1.29 is 13.7 Å². The summed E-state index contributed by atoms with van der Waals surface area (Å²) in [4.78, 5) is 0. The van der Waals surface area contributed by atoms with Gasteiger partial charge < -0.3 is 9.31 Å². The first-order valence-electron chi connectivity index (χ1n) is 6.10. The van der Waals surface area contributed by atoms with Gasteiger partial charge in [0.05, 0.1) is 11.2 Å². The second-order valence-electron chi connectivity index (χ2n) is 5.95. The molecule has 0 aromatic carbocycles. The van der Waals surface area contributed by atoms with Gasteiger partial charge in [-0.2, -0.15) is 0 Å². The van der Waals surface area contributed by atoms with Crippen molar-refractivity contribution in [2.75, 3.05) is 6.54 Å². The molecule has 0 aromatic heterocycles. The van der Waals surface area contributed by atoms with Crippen molar-refractivity contribution in [1.82, 2.24) is 5.32 Å². The average Bonchev–Trinajstić information content (AvgIpc) is 2.41. The van der Waals surface area contributed by atoms with E-state index in [0.29, 0.717) is 13.0 Å². The summed E-state index contributed by atoms with van der Waals surface area (Å²) < 4.78 is 25.4. The van der Waals surface area contributed by atoms with E-state index in [-0.39, 0.29) is 24.1 Å². The lowest BCUT2D eigenvalue weighted by atomic mass is 9.68. The van der Waals surface area contributed by atoms with E-state index in [2.05, 4.69) is 5.32 Å². The largest absolute Gasteiger partial charge is 0.462 e. The van der Waals surface area contributed by atoms with Gasteiger partial charge in [-0.1, -0.05) is 0 Å². The van der Waals surface area contributed by atoms with Crippen molar-refractivity contribution in [3.05, 3.63) is 0 Å². The molecular formula is C11H20BClFNO2. The van der Waals surface area contributed by atoms with Crippen molar-refractivity contribution in [2.24, 2.45) is 0 Å². The number of nitrogens with one attached hydrogen (secondary N) is 1. The molecule has 17 heavy (non-hydrogen) atoms. The van der Waals surface area contributed by atoms with Crippen LogP contribution in [0.15, 0.2) is 0 Å². The summed E-state index contributed by atoms with van der Waals surface area (Å²) in [5.41, 5.74) is -1.31. The van der Waals surface area contributed by atoms with E-state index in [1.165, 1.54) is 0 Å². The van der Waals surface area contributed by atoms with Gasteiger partial charge in [0.15, 0.2) is 0 Å². The minimum absolute atomic E-state index is 0.0149. The molecule has 0 saturated carbocycles. The van der Waals surface area contributed by atoms with Crippen LogP contribution in [0.1, 0.15) is 34.1 Å². The van der Waals surface area contributed by atoms with Crippen LogP contribution >= 0.6 is 11.6 Å². The number of piperidine rings is 1. The molecular weight excluding hydrogens is 243 g/mol. The highest BCUT2D eigenvalue weighted by molar-refractivity contribution is 6.47. The normalized spacial score (nSPS) is 40.6. The second kappa shape index (κ2) is 4.37. The minimum Gasteiger partial charge on any atom is -0.403 e. The Labute approximate surface area is 108 Å². The van der Waals surface area contributed by atoms with Gasteiger partial charge in [0.2, 0.25) is 0 Å². The molecule has 1 N–H and O–H groups in total. The third-order valence-corrected chi connectivity index (χ3v) is 4.50. The van der Waals surface area contributed by atoms with Gasteiger partial charge in [-0.05, 0) is 40.7 Å². The standard InChI is InChI=1S/C11H20BClFNO2/c1-10(2)11(3,4)17-12(16-10)7-5-8(14)9(13)15-6-7/h7-9,15H,5-6H2,1-4H3. The second-order valence-corrected chi connectivity index (χ2v) is 6.42. The highest BCUT2D eigenvalue weighted by Gasteiger charge is 2.54. The van der Waals surface area contributed by atoms with Gasteiger partial charge in [-0.25, -0.2) is 4.39 Å². The first-order valence-corrected chi connectivity index (χ1v) is 6.54. The van der Waals surface area contributed by atoms with Crippen LogP contribution in [0.3, 0.4) is 0 Å². The van der Waals surface area contributed by atoms with Crippen molar-refractivity contribution in [2.45, 2.75) is 62.8 Å². The van der Waals surface area contributed by atoms with Gasteiger partial charge in [0.25, 0.3) is 0 Å². The van der Waals surface area contributed by atoms with Crippen LogP contribution in [0, 0.1) is 0 Å². The Morgan fingerprint density at radius 3 is 2.24 bits per heavy atom. The lowest BCUT2D eigenvalue weighted by Crippen LogP contribution is -2.46. The Kier molecular flexibility index (Phi) is 3.49. The maximum atomic E-state index is 13.6. The van der Waals surface area contributed by atoms with Crippen LogP contribution in [0.5, 0.6) is 0 Å². The molecule has 2 aliphatic rings. The molecule has 0 amide bonds. The van der Waals surface area contributed by atoms with Crippen LogP contribution in [0.4, 0.5) is 4.39 Å². The van der Waals surface area contributed by atoms with Crippen LogP contribution in [0.25, 0.3) is 0 Å². The third-order valence-electron chi connectivity index (χ3n) is 4.08. The molecule has 0 spiro atoms. The fraction of sp³-hybridized carbons (Fsp3) is 1.00. The number of hydrogen-bond donors (Lipinski definition) is 1. The monoisotopic (exact) mass is 263 g/mol. The lowest BCUT2D eigenvalue weighted by molar-refractivity contribution is 0.00578. The van der Waals surface area contributed by atoms with Crippen molar-refractivity contribution in [3.63, 3.8) is 0 Å². The smallest absolute Gasteiger partial charge is 0.403 e. The predicted molar refractivity (Wildman–Crippen MR) is 67.0 cm³/mol. The summed E-state index contributed by atoms with van der Waals surface area (Å²) in [5, 5.41) is 2.94. The van der Waals surface area contributed by atoms with E-state index in [4.69, 9.17) is 20.9 Å². The fourth-order valence-electron chi connectivity index (χ4n) is 2.17. The highest BCUT2D eigenvalue weighted by Crippen LogP contribution is 2.42. The summed E-state index contributed by atoms with van der Waals surface area (Å²) in [6.07, 6.45) is -0.660. The topological polar surface area (TPSA) is 30.5 Å². The molecule has 0 aliphatic carbocycles. The van der Waals surface area contributed by atoms with Gasteiger partial charge in [0.1, 0.15) is 11.7 Å². The Morgan fingerprint density at radius 2 is 1.76 bits per heavy atom. The van der Waals surface area contributed by atoms with Gasteiger partial charge in [-0.3, -0.25) is 5.32 Å². The minimum atomic E-state index is -1.05. The zero-order valence-electron chi connectivity index (χ0n) is 10.8. The van der Waals surface area contributed by atoms with Crippen molar-refractivity contribution >= 4 is 18.7 Å². The molecule has 2 fully saturated rings. The van der Waals surface area contributed by atoms with E-state index in [0.717, 1.165) is 0 Å². The number of alkyl halides is 2. The first-order chi connectivity index (χ1) is 7.73. The molecule has 0 radical (unpaired) electrons. The number of hydrogen-bond acceptors (Lipinski definition) is 3. The number of halogens is 2. The highest BCUT2D eigenvalue weighted by atomic mass is 35.5. The van der Waals surface area contributed by atoms with Gasteiger partial charge in [-0.15, -0.1) is 11.6 Å². The third kappa shape index (κ3) is 2.48. The summed E-state index contributed by atoms with van der Waals surface area (Å²) in [7, 11) is -0.352. The lowest BCUT2D eigenvalue weighted by Gasteiger charge is -2.32. The Bertz CT molecular complexity index is 287. The summed E-state index contributed by atoms with van der Waals surface area (Å²) in [5.74, 6) is 0.0149. The van der Waals surface area contributed by atoms with Crippen LogP contribution in [-0.2, 0) is 9.31 Å². The van der Waals surface area contributed by atoms with Gasteiger partial charge >= 0.3 is 7.12 Å². The van der Waals surface area contributed by atoms with Crippen molar-refractivity contribution in [3.8, 4) is 0 Å². The number of rotatable bonds is 1. The molecule has 0 bridgehead atoms. The molecule has 98 valence electrons. The molecule has 0 aromatic rings. The van der Waals surface area contributed by atoms with Crippen LogP contribution < -0.4 is 5.32 Å². The molecule has 2 rings (SSSR count). The van der Waals surface area contributed by atoms with E-state index in [9.17, 15) is 4.39 Å². The first kappa shape index (κ1) is 13.6. The summed E-state index contributed by atoms with van der Waals surface area (Å²) in [6.45, 7) is 8.63. The van der Waals surface area contributed by atoms with E-state index in [1.807, 2.05) is 27.7 Å². The van der Waals surface area contributed by atoms with E-state index in [1.54, 1.807) is 0 Å². The Hall–Kier alpha value is 0.165. The summed E-state index contributed by atoms with van der Waals surface area (Å²) >= 11 is 5.78. The molecule has 2 saturated heterocycles. The van der Waals surface area contributed by atoms with Gasteiger partial charge in [0, 0.05) is 5.82 Å². The SMILES string of the molecule is CC1(C)OB(C2CNC(Cl)C(F)C2)OC1(C)C. The maximum absolute atomic E-state index is 13.6. The van der Waals surface area contributed by atoms with Crippen LogP contribution in [0.2, 0.25) is 5.82 Å². The van der Waals surface area contributed by atoms with E-state index < -0.39 is 11.7 Å². The molecule has 3 atom stereocenters. The molecule has 3 nitrogen and oxygen atoms in total. The molecule has 6 heteroatoms. The molecule has 3 unspecified atom stereocenters. The van der Waals surface area contributed by atoms with Crippen LogP contribution in [-0.4, -0.2) is 36.5 Å². The fourth-order valence-corrected chi connectivity index (χ4v) is 2.36. The van der Waals surface area contributed by atoms with Crippen molar-refractivity contribution in [1.29, 1.82) is 0 Å².